The van der Waals surface area contributed by atoms with Crippen LogP contribution in [0.5, 0.6) is 0 Å². The highest BCUT2D eigenvalue weighted by Crippen LogP contribution is 2.71. The second-order valence-electron chi connectivity index (χ2n) is 11.6. The number of unbranched alkanes of at least 4 members (excludes halogenated alkanes) is 3. The number of hydrogen-bond acceptors (Lipinski definition) is 6. The van der Waals surface area contributed by atoms with Gasteiger partial charge >= 0.3 is 5.97 Å². The summed E-state index contributed by atoms with van der Waals surface area (Å²) in [6, 6.07) is 5.30. The van der Waals surface area contributed by atoms with E-state index in [1.54, 1.807) is 33.7 Å². The molecule has 3 saturated heterocycles. The number of aliphatic hydroxyl groups excluding tert-OH is 1. The molecule has 40 heavy (non-hydrogen) atoms. The fourth-order valence-corrected chi connectivity index (χ4v) is 9.52. The number of rotatable bonds is 14. The molecular formula is C32H44N2O5S. The molecule has 3 heterocycles. The van der Waals surface area contributed by atoms with E-state index in [1.807, 2.05) is 32.0 Å². The third-order valence-corrected chi connectivity index (χ3v) is 10.9. The van der Waals surface area contributed by atoms with Crippen LogP contribution in [0.3, 0.4) is 0 Å². The monoisotopic (exact) mass is 568 g/mol. The molecule has 5 atom stereocenters. The fraction of sp³-hybridized carbons (Fsp3) is 0.594. The molecule has 1 spiro atoms. The maximum Gasteiger partial charge on any atom is 0.311 e. The van der Waals surface area contributed by atoms with Crippen LogP contribution in [0.15, 0.2) is 43.5 Å². The van der Waals surface area contributed by atoms with E-state index in [0.717, 1.165) is 48.9 Å². The first-order valence-electron chi connectivity index (χ1n) is 14.5. The molecule has 4 rings (SSSR count). The van der Waals surface area contributed by atoms with E-state index >= 15 is 0 Å². The van der Waals surface area contributed by atoms with Crippen molar-refractivity contribution in [3.8, 4) is 0 Å². The summed E-state index contributed by atoms with van der Waals surface area (Å²) in [6.45, 7) is 14.9. The average molecular weight is 569 g/mol. The molecule has 0 radical (unpaired) electrons. The molecule has 2 unspecified atom stereocenters. The zero-order valence-electron chi connectivity index (χ0n) is 24.2. The molecule has 1 aromatic rings. The highest BCUT2D eigenvalue weighted by atomic mass is 32.2. The van der Waals surface area contributed by atoms with Gasteiger partial charge in [0.15, 0.2) is 0 Å². The van der Waals surface area contributed by atoms with Crippen molar-refractivity contribution in [2.45, 2.75) is 81.3 Å². The Morgan fingerprint density at radius 3 is 2.50 bits per heavy atom. The number of aryl methyl sites for hydroxylation is 2. The van der Waals surface area contributed by atoms with Gasteiger partial charge in [0.25, 0.3) is 5.91 Å². The van der Waals surface area contributed by atoms with Gasteiger partial charge in [0.05, 0.1) is 23.2 Å². The van der Waals surface area contributed by atoms with Crippen LogP contribution < -0.4 is 4.90 Å². The van der Waals surface area contributed by atoms with Crippen molar-refractivity contribution in [1.82, 2.24) is 4.90 Å². The summed E-state index contributed by atoms with van der Waals surface area (Å²) in [5.41, 5.74) is 2.83. The zero-order chi connectivity index (χ0) is 29.1. The number of esters is 1. The maximum atomic E-state index is 14.8. The van der Waals surface area contributed by atoms with Crippen LogP contribution in [0.4, 0.5) is 5.69 Å². The standard InChI is InChI=1S/C32H44N2O5S/c1-6-8-21-39-30(38)25-24-28(36)34(19-11-9-10-12-20-35)27(32(24)17-16-31(25,5)40-32)29(37)33(18-7-2)26-22(3)14-13-15-23(26)4/h6-7,13-15,24-25,27,35H,1-2,8-12,16-21H2,3-5H3/t24-,25-,27?,31+,32?/m0/s1. The second-order valence-corrected chi connectivity index (χ2v) is 13.5. The Kier molecular flexibility index (Phi) is 9.51. The predicted molar refractivity (Wildman–Crippen MR) is 160 cm³/mol. The Balaban J connectivity index is 1.74. The van der Waals surface area contributed by atoms with Crippen molar-refractivity contribution in [1.29, 1.82) is 0 Å². The summed E-state index contributed by atoms with van der Waals surface area (Å²) in [6.07, 6.45) is 8.62. The number of hydrogen-bond donors (Lipinski definition) is 1. The Morgan fingerprint density at radius 1 is 1.15 bits per heavy atom. The number of fused-ring (bicyclic) bond motifs is 1. The third-order valence-electron chi connectivity index (χ3n) is 8.93. The molecule has 3 aliphatic rings. The first kappa shape index (κ1) is 30.4. The Morgan fingerprint density at radius 2 is 1.85 bits per heavy atom. The highest BCUT2D eigenvalue weighted by Gasteiger charge is 2.77. The smallest absolute Gasteiger partial charge is 0.311 e. The van der Waals surface area contributed by atoms with E-state index in [0.29, 0.717) is 25.9 Å². The van der Waals surface area contributed by atoms with Crippen LogP contribution in [-0.2, 0) is 19.1 Å². The molecule has 3 aliphatic heterocycles. The van der Waals surface area contributed by atoms with Gasteiger partial charge < -0.3 is 19.6 Å². The van der Waals surface area contributed by atoms with E-state index < -0.39 is 27.4 Å². The van der Waals surface area contributed by atoms with Gasteiger partial charge in [-0.3, -0.25) is 14.4 Å². The molecule has 1 N–H and O–H groups in total. The minimum Gasteiger partial charge on any atom is -0.465 e. The lowest BCUT2D eigenvalue weighted by Gasteiger charge is -2.38. The number of nitrogens with zero attached hydrogens (tertiary/aromatic N) is 2. The van der Waals surface area contributed by atoms with E-state index in [1.165, 1.54) is 0 Å². The fourth-order valence-electron chi connectivity index (χ4n) is 7.18. The molecule has 2 bridgehead atoms. The van der Waals surface area contributed by atoms with Gasteiger partial charge in [-0.25, -0.2) is 0 Å². The molecule has 0 aromatic heterocycles. The van der Waals surface area contributed by atoms with Crippen LogP contribution in [0, 0.1) is 25.7 Å². The molecule has 3 fully saturated rings. The summed E-state index contributed by atoms with van der Waals surface area (Å²) in [5.74, 6) is -1.75. The number of likely N-dealkylation sites (tertiary alicyclic amines) is 1. The van der Waals surface area contributed by atoms with Crippen molar-refractivity contribution in [3.05, 3.63) is 54.6 Å². The van der Waals surface area contributed by atoms with Crippen LogP contribution >= 0.6 is 11.8 Å². The molecule has 0 saturated carbocycles. The summed E-state index contributed by atoms with van der Waals surface area (Å²) in [4.78, 5) is 46.1. The maximum absolute atomic E-state index is 14.8. The molecule has 8 heteroatoms. The number of anilines is 1. The van der Waals surface area contributed by atoms with Gasteiger partial charge in [-0.15, -0.1) is 24.9 Å². The number of benzene rings is 1. The van der Waals surface area contributed by atoms with Crippen molar-refractivity contribution in [2.75, 3.05) is 31.2 Å². The van der Waals surface area contributed by atoms with E-state index in [-0.39, 0.29) is 31.0 Å². The van der Waals surface area contributed by atoms with Crippen molar-refractivity contribution >= 4 is 35.2 Å². The molecule has 7 nitrogen and oxygen atoms in total. The van der Waals surface area contributed by atoms with Gasteiger partial charge in [-0.05, 0) is 64.0 Å². The average Bonchev–Trinajstić information content (AvgIpc) is 3.48. The van der Waals surface area contributed by atoms with Crippen molar-refractivity contribution in [2.24, 2.45) is 11.8 Å². The first-order valence-corrected chi connectivity index (χ1v) is 15.4. The Labute approximate surface area is 243 Å². The lowest BCUT2D eigenvalue weighted by Crippen LogP contribution is -2.55. The zero-order valence-corrected chi connectivity index (χ0v) is 25.0. The largest absolute Gasteiger partial charge is 0.465 e. The number of para-hydroxylation sites is 1. The van der Waals surface area contributed by atoms with Crippen LogP contribution in [0.1, 0.15) is 63.0 Å². The summed E-state index contributed by atoms with van der Waals surface area (Å²) in [7, 11) is 0. The van der Waals surface area contributed by atoms with Crippen LogP contribution in [-0.4, -0.2) is 69.6 Å². The number of carbonyl (C=O) groups is 3. The van der Waals surface area contributed by atoms with Gasteiger partial charge in [0.2, 0.25) is 5.91 Å². The summed E-state index contributed by atoms with van der Waals surface area (Å²) < 4.78 is 4.51. The number of aliphatic hydroxyl groups is 1. The molecule has 2 amide bonds. The van der Waals surface area contributed by atoms with Gasteiger partial charge in [0.1, 0.15) is 6.04 Å². The Bertz CT molecular complexity index is 1130. The second kappa shape index (κ2) is 12.5. The highest BCUT2D eigenvalue weighted by molar-refractivity contribution is 8.02. The van der Waals surface area contributed by atoms with E-state index in [4.69, 9.17) is 4.74 Å². The van der Waals surface area contributed by atoms with Crippen LogP contribution in [0.2, 0.25) is 0 Å². The minimum absolute atomic E-state index is 0.109. The van der Waals surface area contributed by atoms with Gasteiger partial charge in [-0.1, -0.05) is 43.2 Å². The minimum atomic E-state index is -0.688. The lowest BCUT2D eigenvalue weighted by atomic mass is 9.66. The molecular weight excluding hydrogens is 524 g/mol. The number of carbonyl (C=O) groups excluding carboxylic acids is 3. The van der Waals surface area contributed by atoms with Gasteiger partial charge in [0, 0.05) is 30.1 Å². The third kappa shape index (κ3) is 5.25. The Hall–Kier alpha value is -2.58. The quantitative estimate of drug-likeness (QED) is 0.194. The van der Waals surface area contributed by atoms with E-state index in [2.05, 4.69) is 20.1 Å². The number of thioether (sulfide) groups is 1. The summed E-state index contributed by atoms with van der Waals surface area (Å²) in [5, 5.41) is 9.19. The van der Waals surface area contributed by atoms with Crippen molar-refractivity contribution in [3.63, 3.8) is 0 Å². The van der Waals surface area contributed by atoms with Crippen LogP contribution in [0.25, 0.3) is 0 Å². The van der Waals surface area contributed by atoms with E-state index in [9.17, 15) is 19.5 Å². The van der Waals surface area contributed by atoms with Crippen molar-refractivity contribution < 1.29 is 24.2 Å². The predicted octanol–water partition coefficient (Wildman–Crippen LogP) is 4.98. The number of ether oxygens (including phenoxy) is 1. The topological polar surface area (TPSA) is 87.1 Å². The SMILES string of the molecule is C=CCCOC(=O)[C@@H]1[C@H]2C(=O)N(CCCCCCO)C(C(=O)N(CC=C)c3c(C)cccc3C)C23CC[C@@]1(C)S3. The molecule has 0 aliphatic carbocycles. The first-order chi connectivity index (χ1) is 19.2. The normalized spacial score (nSPS) is 28.4. The summed E-state index contributed by atoms with van der Waals surface area (Å²) >= 11 is 1.67. The molecule has 1 aromatic carbocycles. The molecule has 218 valence electrons. The lowest BCUT2D eigenvalue weighted by molar-refractivity contribution is -0.155. The number of amides is 2. The van der Waals surface area contributed by atoms with Gasteiger partial charge in [-0.2, -0.15) is 0 Å².